The van der Waals surface area contributed by atoms with Gasteiger partial charge in [-0.2, -0.15) is 17.0 Å². The minimum absolute atomic E-state index is 0.109. The van der Waals surface area contributed by atoms with Crippen molar-refractivity contribution in [3.63, 3.8) is 0 Å². The maximum Gasteiger partial charge on any atom is 0.282 e. The van der Waals surface area contributed by atoms with E-state index < -0.39 is 15.7 Å². The number of piperazine rings is 1. The molecule has 1 aliphatic heterocycles. The highest BCUT2D eigenvalue weighted by molar-refractivity contribution is 7.86. The standard InChI is InChI=1S/C12H27N5O2S/c1-5-16(6-2)20(18,19)17-9-7-15(8-10-17)12(3,4)11(13)14/h5-10H2,1-4H3,(H3,13,14). The van der Waals surface area contributed by atoms with E-state index in [1.807, 2.05) is 27.7 Å². The lowest BCUT2D eigenvalue weighted by Crippen LogP contribution is -2.61. The summed E-state index contributed by atoms with van der Waals surface area (Å²) in [4.78, 5) is 2.06. The normalized spacial score (nSPS) is 19.4. The molecule has 0 radical (unpaired) electrons. The molecule has 0 aromatic heterocycles. The van der Waals surface area contributed by atoms with Crippen molar-refractivity contribution in [1.29, 1.82) is 5.41 Å². The van der Waals surface area contributed by atoms with Crippen LogP contribution in [0.4, 0.5) is 0 Å². The molecule has 0 aromatic rings. The number of amidine groups is 1. The molecule has 0 atom stereocenters. The van der Waals surface area contributed by atoms with E-state index in [1.165, 1.54) is 8.61 Å². The van der Waals surface area contributed by atoms with Gasteiger partial charge in [0, 0.05) is 39.3 Å². The van der Waals surface area contributed by atoms with E-state index in [2.05, 4.69) is 4.90 Å². The molecule has 0 bridgehead atoms. The summed E-state index contributed by atoms with van der Waals surface area (Å²) < 4.78 is 27.8. The van der Waals surface area contributed by atoms with Gasteiger partial charge in [-0.3, -0.25) is 10.3 Å². The van der Waals surface area contributed by atoms with Gasteiger partial charge in [-0.1, -0.05) is 13.8 Å². The Kier molecular flexibility index (Phi) is 5.54. The Balaban J connectivity index is 2.74. The van der Waals surface area contributed by atoms with Gasteiger partial charge in [0.15, 0.2) is 0 Å². The quantitative estimate of drug-likeness (QED) is 0.529. The van der Waals surface area contributed by atoms with Crippen molar-refractivity contribution in [2.24, 2.45) is 5.73 Å². The monoisotopic (exact) mass is 305 g/mol. The van der Waals surface area contributed by atoms with Crippen LogP contribution in [0.2, 0.25) is 0 Å². The second-order valence-electron chi connectivity index (χ2n) is 5.45. The topological polar surface area (TPSA) is 93.7 Å². The van der Waals surface area contributed by atoms with E-state index in [0.717, 1.165) is 0 Å². The van der Waals surface area contributed by atoms with Crippen LogP contribution in [0, 0.1) is 5.41 Å². The van der Waals surface area contributed by atoms with Crippen LogP contribution in [0.1, 0.15) is 27.7 Å². The van der Waals surface area contributed by atoms with Crippen molar-refractivity contribution < 1.29 is 8.42 Å². The van der Waals surface area contributed by atoms with Gasteiger partial charge in [0.05, 0.1) is 5.54 Å². The average molecular weight is 305 g/mol. The predicted molar refractivity (Wildman–Crippen MR) is 81.0 cm³/mol. The number of nitrogens with zero attached hydrogens (tertiary/aromatic N) is 3. The van der Waals surface area contributed by atoms with Gasteiger partial charge in [0.2, 0.25) is 0 Å². The van der Waals surface area contributed by atoms with Crippen LogP contribution < -0.4 is 5.73 Å². The van der Waals surface area contributed by atoms with Gasteiger partial charge in [0.1, 0.15) is 5.84 Å². The van der Waals surface area contributed by atoms with E-state index >= 15 is 0 Å². The Labute approximate surface area is 122 Å². The summed E-state index contributed by atoms with van der Waals surface area (Å²) >= 11 is 0. The minimum atomic E-state index is -3.36. The summed E-state index contributed by atoms with van der Waals surface area (Å²) in [5.74, 6) is 0.109. The summed E-state index contributed by atoms with van der Waals surface area (Å²) in [6.45, 7) is 10.5. The first-order chi connectivity index (χ1) is 9.17. The molecule has 118 valence electrons. The van der Waals surface area contributed by atoms with Crippen LogP contribution in [0.25, 0.3) is 0 Å². The fourth-order valence-corrected chi connectivity index (χ4v) is 3.97. The molecule has 7 nitrogen and oxygen atoms in total. The number of nitrogens with one attached hydrogen (secondary N) is 1. The largest absolute Gasteiger partial charge is 0.386 e. The smallest absolute Gasteiger partial charge is 0.282 e. The van der Waals surface area contributed by atoms with Crippen molar-refractivity contribution in [2.75, 3.05) is 39.3 Å². The second kappa shape index (κ2) is 6.38. The van der Waals surface area contributed by atoms with E-state index in [4.69, 9.17) is 11.1 Å². The molecule has 0 aromatic carbocycles. The van der Waals surface area contributed by atoms with Crippen LogP contribution >= 0.6 is 0 Å². The Hall–Kier alpha value is -0.700. The molecule has 0 amide bonds. The van der Waals surface area contributed by atoms with Gasteiger partial charge < -0.3 is 5.73 Å². The molecule has 0 spiro atoms. The van der Waals surface area contributed by atoms with Gasteiger partial charge in [0.25, 0.3) is 10.2 Å². The van der Waals surface area contributed by atoms with Gasteiger partial charge in [-0.25, -0.2) is 0 Å². The molecule has 0 saturated carbocycles. The summed E-state index contributed by atoms with van der Waals surface area (Å²) in [7, 11) is -3.36. The van der Waals surface area contributed by atoms with Crippen LogP contribution in [0.3, 0.4) is 0 Å². The molecule has 8 heteroatoms. The summed E-state index contributed by atoms with van der Waals surface area (Å²) in [6.07, 6.45) is 0. The fourth-order valence-electron chi connectivity index (χ4n) is 2.36. The van der Waals surface area contributed by atoms with Crippen molar-refractivity contribution >= 4 is 16.0 Å². The van der Waals surface area contributed by atoms with Crippen molar-refractivity contribution in [2.45, 2.75) is 33.2 Å². The molecule has 1 rings (SSSR count). The molecule has 20 heavy (non-hydrogen) atoms. The zero-order chi connectivity index (χ0) is 15.6. The zero-order valence-corrected chi connectivity index (χ0v) is 13.7. The third kappa shape index (κ3) is 3.30. The van der Waals surface area contributed by atoms with Crippen molar-refractivity contribution in [3.05, 3.63) is 0 Å². The number of rotatable bonds is 6. The van der Waals surface area contributed by atoms with Gasteiger partial charge in [-0.15, -0.1) is 0 Å². The summed E-state index contributed by atoms with van der Waals surface area (Å²) in [5.41, 5.74) is 5.09. The Morgan fingerprint density at radius 3 is 2.00 bits per heavy atom. The Bertz CT molecular complexity index is 437. The Morgan fingerprint density at radius 2 is 1.65 bits per heavy atom. The first kappa shape index (κ1) is 17.4. The maximum atomic E-state index is 12.4. The van der Waals surface area contributed by atoms with E-state index in [-0.39, 0.29) is 5.84 Å². The first-order valence-electron chi connectivity index (χ1n) is 7.02. The lowest BCUT2D eigenvalue weighted by molar-refractivity contribution is 0.118. The third-order valence-electron chi connectivity index (χ3n) is 4.05. The molecule has 1 aliphatic rings. The van der Waals surface area contributed by atoms with E-state index in [0.29, 0.717) is 39.3 Å². The molecule has 1 heterocycles. The molecule has 0 unspecified atom stereocenters. The number of nitrogens with two attached hydrogens (primary N) is 1. The lowest BCUT2D eigenvalue weighted by atomic mass is 10.0. The number of hydrogen-bond donors (Lipinski definition) is 2. The fraction of sp³-hybridized carbons (Fsp3) is 0.917. The molecule has 3 N–H and O–H groups in total. The first-order valence-corrected chi connectivity index (χ1v) is 8.42. The summed E-state index contributed by atoms with van der Waals surface area (Å²) in [5, 5.41) is 7.63. The Morgan fingerprint density at radius 1 is 1.20 bits per heavy atom. The highest BCUT2D eigenvalue weighted by Gasteiger charge is 2.36. The minimum Gasteiger partial charge on any atom is -0.386 e. The van der Waals surface area contributed by atoms with Crippen molar-refractivity contribution in [1.82, 2.24) is 13.5 Å². The van der Waals surface area contributed by atoms with Gasteiger partial charge in [-0.05, 0) is 13.8 Å². The predicted octanol–water partition coefficient (Wildman–Crippen LogP) is -0.0948. The van der Waals surface area contributed by atoms with Crippen LogP contribution in [-0.2, 0) is 10.2 Å². The summed E-state index contributed by atoms with van der Waals surface area (Å²) in [6, 6.07) is 0. The second-order valence-corrected chi connectivity index (χ2v) is 7.38. The highest BCUT2D eigenvalue weighted by Crippen LogP contribution is 2.19. The molecular weight excluding hydrogens is 278 g/mol. The highest BCUT2D eigenvalue weighted by atomic mass is 32.2. The molecular formula is C12H27N5O2S. The number of hydrogen-bond acceptors (Lipinski definition) is 4. The average Bonchev–Trinajstić information content (AvgIpc) is 2.39. The lowest BCUT2D eigenvalue weighted by Gasteiger charge is -2.43. The van der Waals surface area contributed by atoms with Crippen molar-refractivity contribution in [3.8, 4) is 0 Å². The molecule has 1 saturated heterocycles. The van der Waals surface area contributed by atoms with Gasteiger partial charge >= 0.3 is 0 Å². The molecule has 1 fully saturated rings. The van der Waals surface area contributed by atoms with E-state index in [9.17, 15) is 8.42 Å². The maximum absolute atomic E-state index is 12.4. The van der Waals surface area contributed by atoms with Crippen LogP contribution in [-0.4, -0.2) is 72.6 Å². The zero-order valence-electron chi connectivity index (χ0n) is 12.9. The van der Waals surface area contributed by atoms with Crippen LogP contribution in [0.15, 0.2) is 0 Å². The molecule has 0 aliphatic carbocycles. The third-order valence-corrected chi connectivity index (χ3v) is 6.23. The van der Waals surface area contributed by atoms with Crippen LogP contribution in [0.5, 0.6) is 0 Å². The SMILES string of the molecule is CCN(CC)S(=O)(=O)N1CCN(C(C)(C)C(=N)N)CC1. The van der Waals surface area contributed by atoms with E-state index in [1.54, 1.807) is 0 Å².